The van der Waals surface area contributed by atoms with Gasteiger partial charge in [0.05, 0.1) is 0 Å². The highest BCUT2D eigenvalue weighted by molar-refractivity contribution is 7.03. The molecule has 11 aromatic rings. The molecule has 2 heterocycles. The third-order valence-corrected chi connectivity index (χ3v) is 25.5. The minimum atomic E-state index is -2.03. The van der Waals surface area contributed by atoms with E-state index in [0.29, 0.717) is 0 Å². The molecule has 0 saturated carbocycles. The molecule has 4 aliphatic rings. The van der Waals surface area contributed by atoms with Gasteiger partial charge >= 0.3 is 0 Å². The molecule has 0 aromatic heterocycles. The third kappa shape index (κ3) is 6.71. The topological polar surface area (TPSA) is 6.48 Å². The van der Waals surface area contributed by atoms with Crippen molar-refractivity contribution < 1.29 is 0 Å². The van der Waals surface area contributed by atoms with Crippen molar-refractivity contribution in [3.63, 3.8) is 0 Å². The van der Waals surface area contributed by atoms with E-state index >= 15 is 0 Å². The fourth-order valence-electron chi connectivity index (χ4n) is 14.6. The first-order valence-corrected chi connectivity index (χ1v) is 33.6. The highest BCUT2D eigenvalue weighted by atomic mass is 28.3. The first kappa shape index (κ1) is 46.1. The van der Waals surface area contributed by atoms with Crippen molar-refractivity contribution in [1.29, 1.82) is 0 Å². The van der Waals surface area contributed by atoms with Crippen LogP contribution in [0.5, 0.6) is 0 Å². The van der Waals surface area contributed by atoms with Crippen LogP contribution in [0.3, 0.4) is 0 Å². The smallest absolute Gasteiger partial charge is 0.117 e. The van der Waals surface area contributed by atoms with E-state index in [1.807, 2.05) is 0 Å². The number of hydrogen-bond acceptors (Lipinski definition) is 2. The molecule has 15 rings (SSSR count). The van der Waals surface area contributed by atoms with Gasteiger partial charge in [-0.1, -0.05) is 228 Å². The van der Waals surface area contributed by atoms with Crippen LogP contribution in [0.25, 0.3) is 60.1 Å². The Morgan fingerprint density at radius 2 is 0.883 bits per heavy atom. The zero-order valence-corrected chi connectivity index (χ0v) is 46.7. The Morgan fingerprint density at radius 1 is 0.416 bits per heavy atom. The van der Waals surface area contributed by atoms with Gasteiger partial charge in [0.15, 0.2) is 0 Å². The maximum absolute atomic E-state index is 2.56. The number of nitrogens with zero attached hydrogens (tertiary/aromatic N) is 2. The predicted molar refractivity (Wildman–Crippen MR) is 336 cm³/mol. The second-order valence-corrected chi connectivity index (χ2v) is 32.2. The number of benzene rings is 11. The van der Waals surface area contributed by atoms with Crippen LogP contribution in [0.4, 0.5) is 34.1 Å². The molecule has 370 valence electrons. The molecule has 0 saturated heterocycles. The van der Waals surface area contributed by atoms with E-state index in [0.717, 1.165) is 6.42 Å². The molecule has 0 bridgehead atoms. The van der Waals surface area contributed by atoms with Gasteiger partial charge in [-0.2, -0.15) is 0 Å². The number of anilines is 6. The maximum Gasteiger partial charge on any atom is 0.117 e. The van der Waals surface area contributed by atoms with Gasteiger partial charge in [0, 0.05) is 45.5 Å². The van der Waals surface area contributed by atoms with E-state index < -0.39 is 16.1 Å². The zero-order chi connectivity index (χ0) is 52.0. The van der Waals surface area contributed by atoms with E-state index in [4.69, 9.17) is 0 Å². The zero-order valence-electron chi connectivity index (χ0n) is 44.7. The van der Waals surface area contributed by atoms with Gasteiger partial charge in [-0.25, -0.2) is 0 Å². The lowest BCUT2D eigenvalue weighted by Crippen LogP contribution is -2.58. The van der Waals surface area contributed by atoms with Crippen molar-refractivity contribution in [2.24, 2.45) is 0 Å². The lowest BCUT2D eigenvalue weighted by Gasteiger charge is -2.41. The summed E-state index contributed by atoms with van der Waals surface area (Å²) >= 11 is 0. The average molecular weight is 1020 g/mol. The van der Waals surface area contributed by atoms with Gasteiger partial charge in [-0.15, -0.1) is 0 Å². The summed E-state index contributed by atoms with van der Waals surface area (Å²) in [5, 5.41) is 13.4. The van der Waals surface area contributed by atoms with Crippen LogP contribution < -0.4 is 30.5 Å². The third-order valence-electron chi connectivity index (χ3n) is 18.4. The Kier molecular flexibility index (Phi) is 10.1. The molecule has 0 spiro atoms. The minimum Gasteiger partial charge on any atom is -0.311 e. The number of allylic oxidation sites excluding steroid dienone is 4. The van der Waals surface area contributed by atoms with Crippen molar-refractivity contribution >= 4 is 109 Å². The van der Waals surface area contributed by atoms with Crippen molar-refractivity contribution in [1.82, 2.24) is 0 Å². The van der Waals surface area contributed by atoms with Gasteiger partial charge in [0.1, 0.15) is 16.1 Å². The Bertz CT molecular complexity index is 4280. The van der Waals surface area contributed by atoms with Crippen molar-refractivity contribution in [2.75, 3.05) is 9.80 Å². The standard InChI is InChI=1S/C73H60N2Si2/c1-73(2)61-26-12-11-24-54(61)55-40-37-49(44-62(55)73)53-23-9-10-25-56(53)72-58-42-39-51(74-63-27-13-17-31-67(63)76(3,4)68-32-18-14-28-64(68)74)45-59(58)71(50-36-35-47-21-7-8-22-48(47)43-50)57-41-38-52(46-60(57)72)75-65-29-15-19-33-69(65)77(5,6)70-34-20-16-30-66(70)75/h7-43,45-46,49H,44H2,1-6H3. The molecular formula is C73H60N2Si2. The Labute approximate surface area is 454 Å². The molecule has 2 nitrogen and oxygen atoms in total. The number of rotatable bonds is 5. The predicted octanol–water partition coefficient (Wildman–Crippen LogP) is 17.5. The van der Waals surface area contributed by atoms with Crippen molar-refractivity contribution in [2.45, 2.75) is 57.8 Å². The summed E-state index contributed by atoms with van der Waals surface area (Å²) in [6.45, 7) is 14.9. The number of para-hydroxylation sites is 4. The van der Waals surface area contributed by atoms with Crippen LogP contribution in [0.2, 0.25) is 26.2 Å². The van der Waals surface area contributed by atoms with Crippen molar-refractivity contribution in [3.8, 4) is 22.3 Å². The summed E-state index contributed by atoms with van der Waals surface area (Å²) in [5.41, 5.74) is 19.6. The van der Waals surface area contributed by atoms with Crippen LogP contribution in [-0.2, 0) is 5.41 Å². The van der Waals surface area contributed by atoms with Crippen LogP contribution in [0.1, 0.15) is 42.9 Å². The number of hydrogen-bond donors (Lipinski definition) is 0. The van der Waals surface area contributed by atoms with Crippen LogP contribution in [0.15, 0.2) is 242 Å². The molecule has 0 radical (unpaired) electrons. The van der Waals surface area contributed by atoms with Gasteiger partial charge < -0.3 is 9.80 Å². The number of fused-ring (bicyclic) bond motifs is 9. The Hall–Kier alpha value is -8.29. The normalized spacial score (nSPS) is 17.2. The molecular weight excluding hydrogens is 961 g/mol. The fraction of sp³-hybridized carbons (Fsp3) is 0.123. The molecule has 1 atom stereocenters. The van der Waals surface area contributed by atoms with Gasteiger partial charge in [-0.3, -0.25) is 0 Å². The van der Waals surface area contributed by atoms with E-state index in [1.54, 1.807) is 0 Å². The average Bonchev–Trinajstić information content (AvgIpc) is 3.75. The quantitative estimate of drug-likeness (QED) is 0.125. The molecule has 0 fully saturated rings. The molecule has 0 N–H and O–H groups in total. The SMILES string of the molecule is CC1(C)C2=C(C=CC(c3ccccc3-c3c4ccc(N5c6ccccc6[Si](C)(C)c6ccccc65)cc4c(-c4ccc5ccccc5c4)c4ccc(N5c6ccccc6[Si](C)(C)c6ccccc65)cc34)C2)c2ccccc21. The van der Waals surface area contributed by atoms with E-state index in [1.165, 1.54) is 137 Å². The second-order valence-electron chi connectivity index (χ2n) is 23.6. The highest BCUT2D eigenvalue weighted by Crippen LogP contribution is 2.55. The molecule has 77 heavy (non-hydrogen) atoms. The van der Waals surface area contributed by atoms with Gasteiger partial charge in [-0.05, 0) is 159 Å². The molecule has 0 amide bonds. The Morgan fingerprint density at radius 3 is 1.47 bits per heavy atom. The summed E-state index contributed by atoms with van der Waals surface area (Å²) in [5.74, 6) is 0.188. The molecule has 11 aromatic carbocycles. The molecule has 1 unspecified atom stereocenters. The van der Waals surface area contributed by atoms with Crippen LogP contribution in [0, 0.1) is 0 Å². The van der Waals surface area contributed by atoms with Gasteiger partial charge in [0.2, 0.25) is 0 Å². The minimum absolute atomic E-state index is 0.0576. The van der Waals surface area contributed by atoms with Crippen LogP contribution >= 0.6 is 0 Å². The van der Waals surface area contributed by atoms with E-state index in [9.17, 15) is 0 Å². The van der Waals surface area contributed by atoms with Crippen LogP contribution in [-0.4, -0.2) is 16.1 Å². The highest BCUT2D eigenvalue weighted by Gasteiger charge is 2.42. The summed E-state index contributed by atoms with van der Waals surface area (Å²) in [4.78, 5) is 5.12. The lowest BCUT2D eigenvalue weighted by atomic mass is 9.73. The van der Waals surface area contributed by atoms with Crippen molar-refractivity contribution in [3.05, 3.63) is 259 Å². The monoisotopic (exact) mass is 1020 g/mol. The molecule has 4 heteroatoms. The fourth-order valence-corrected chi connectivity index (χ4v) is 20.5. The van der Waals surface area contributed by atoms with Gasteiger partial charge in [0.25, 0.3) is 0 Å². The summed E-state index contributed by atoms with van der Waals surface area (Å²) in [7, 11) is -4.05. The molecule has 2 aliphatic heterocycles. The summed E-state index contributed by atoms with van der Waals surface area (Å²) < 4.78 is 0. The lowest BCUT2D eigenvalue weighted by molar-refractivity contribution is 0.591. The summed E-state index contributed by atoms with van der Waals surface area (Å²) in [6, 6.07) is 86.0. The Balaban J connectivity index is 1.04. The van der Waals surface area contributed by atoms with E-state index in [2.05, 4.69) is 286 Å². The maximum atomic E-state index is 2.56. The molecule has 2 aliphatic carbocycles. The largest absolute Gasteiger partial charge is 0.311 e. The summed E-state index contributed by atoms with van der Waals surface area (Å²) in [6.07, 6.45) is 5.93. The first-order chi connectivity index (χ1) is 37.5. The van der Waals surface area contributed by atoms with E-state index in [-0.39, 0.29) is 11.3 Å². The second kappa shape index (κ2) is 16.9. The first-order valence-electron chi connectivity index (χ1n) is 27.6.